The van der Waals surface area contributed by atoms with E-state index in [9.17, 15) is 4.79 Å². The number of hydrogen-bond acceptors (Lipinski definition) is 3. The lowest BCUT2D eigenvalue weighted by atomic mass is 9.90. The average Bonchev–Trinajstić information content (AvgIpc) is 2.41. The van der Waals surface area contributed by atoms with Gasteiger partial charge in [0.05, 0.1) is 6.42 Å². The number of hydrogen-bond donors (Lipinski definition) is 2. The van der Waals surface area contributed by atoms with Crippen LogP contribution in [0.4, 0.5) is 0 Å². The Morgan fingerprint density at radius 1 is 1.35 bits per heavy atom. The van der Waals surface area contributed by atoms with E-state index in [1.54, 1.807) is 0 Å². The van der Waals surface area contributed by atoms with Crippen LogP contribution in [0.15, 0.2) is 24.3 Å². The van der Waals surface area contributed by atoms with Crippen molar-refractivity contribution < 1.29 is 9.90 Å². The monoisotopic (exact) mass is 276 g/mol. The first-order valence-electron chi connectivity index (χ1n) is 7.32. The lowest BCUT2D eigenvalue weighted by Crippen LogP contribution is -2.39. The van der Waals surface area contributed by atoms with Crippen LogP contribution in [0.5, 0.6) is 0 Å². The van der Waals surface area contributed by atoms with E-state index in [4.69, 9.17) is 10.8 Å². The summed E-state index contributed by atoms with van der Waals surface area (Å²) in [4.78, 5) is 13.3. The molecule has 0 bridgehead atoms. The van der Waals surface area contributed by atoms with Crippen LogP contribution in [0.25, 0.3) is 0 Å². The van der Waals surface area contributed by atoms with Gasteiger partial charge in [-0.3, -0.25) is 9.69 Å². The minimum Gasteiger partial charge on any atom is -0.481 e. The van der Waals surface area contributed by atoms with Gasteiger partial charge < -0.3 is 10.8 Å². The largest absolute Gasteiger partial charge is 0.481 e. The van der Waals surface area contributed by atoms with Crippen LogP contribution >= 0.6 is 0 Å². The molecule has 0 amide bonds. The number of rotatable bonds is 5. The number of carbonyl (C=O) groups is 1. The zero-order chi connectivity index (χ0) is 14.5. The molecule has 1 aromatic rings. The highest BCUT2D eigenvalue weighted by Crippen LogP contribution is 2.22. The number of carboxylic acids is 1. The molecule has 1 aliphatic rings. The van der Waals surface area contributed by atoms with Crippen LogP contribution in [-0.2, 0) is 17.8 Å². The van der Waals surface area contributed by atoms with Gasteiger partial charge >= 0.3 is 5.97 Å². The summed E-state index contributed by atoms with van der Waals surface area (Å²) in [6.45, 7) is 5.03. The Hall–Kier alpha value is -1.39. The molecule has 0 spiro atoms. The number of nitrogens with zero attached hydrogens (tertiary/aromatic N) is 1. The standard InChI is InChI=1S/C16H24N2O2/c1-12(17)13-6-8-18(9-7-13)11-15-5-3-2-4-14(15)10-16(19)20/h2-5,12-13H,6-11,17H2,1H3,(H,19,20). The predicted molar refractivity (Wildman–Crippen MR) is 79.4 cm³/mol. The van der Waals surface area contributed by atoms with Gasteiger partial charge in [0.15, 0.2) is 0 Å². The summed E-state index contributed by atoms with van der Waals surface area (Å²) in [6.07, 6.45) is 2.38. The van der Waals surface area contributed by atoms with Gasteiger partial charge in [-0.1, -0.05) is 24.3 Å². The molecule has 0 radical (unpaired) electrons. The number of carboxylic acid groups (broad SMARTS) is 1. The third kappa shape index (κ3) is 4.05. The maximum atomic E-state index is 10.9. The van der Waals surface area contributed by atoms with Crippen molar-refractivity contribution in [1.29, 1.82) is 0 Å². The van der Waals surface area contributed by atoms with Crippen molar-refractivity contribution in [2.24, 2.45) is 11.7 Å². The first-order valence-corrected chi connectivity index (χ1v) is 7.32. The summed E-state index contributed by atoms with van der Waals surface area (Å²) in [5.41, 5.74) is 8.02. The predicted octanol–water partition coefficient (Wildman–Crippen LogP) is 1.87. The Balaban J connectivity index is 1.96. The van der Waals surface area contributed by atoms with Gasteiger partial charge in [-0.05, 0) is 49.9 Å². The number of benzene rings is 1. The molecule has 0 saturated carbocycles. The van der Waals surface area contributed by atoms with E-state index < -0.39 is 5.97 Å². The fourth-order valence-corrected chi connectivity index (χ4v) is 2.92. The third-order valence-electron chi connectivity index (χ3n) is 4.23. The molecule has 1 unspecified atom stereocenters. The zero-order valence-corrected chi connectivity index (χ0v) is 12.1. The number of likely N-dealkylation sites (tertiary alicyclic amines) is 1. The van der Waals surface area contributed by atoms with Crippen molar-refractivity contribution in [3.05, 3.63) is 35.4 Å². The van der Waals surface area contributed by atoms with E-state index in [-0.39, 0.29) is 12.5 Å². The molecule has 4 nitrogen and oxygen atoms in total. The second kappa shape index (κ2) is 6.86. The molecule has 3 N–H and O–H groups in total. The highest BCUT2D eigenvalue weighted by atomic mass is 16.4. The van der Waals surface area contributed by atoms with Crippen LogP contribution in [0, 0.1) is 5.92 Å². The maximum absolute atomic E-state index is 10.9. The van der Waals surface area contributed by atoms with Crippen LogP contribution in [0.3, 0.4) is 0 Å². The highest BCUT2D eigenvalue weighted by Gasteiger charge is 2.22. The van der Waals surface area contributed by atoms with Gasteiger partial charge in [-0.25, -0.2) is 0 Å². The number of piperidine rings is 1. The molecular formula is C16H24N2O2. The second-order valence-corrected chi connectivity index (χ2v) is 5.81. The molecule has 0 aromatic heterocycles. The highest BCUT2D eigenvalue weighted by molar-refractivity contribution is 5.70. The zero-order valence-electron chi connectivity index (χ0n) is 12.1. The van der Waals surface area contributed by atoms with Crippen LogP contribution < -0.4 is 5.73 Å². The summed E-state index contributed by atoms with van der Waals surface area (Å²) < 4.78 is 0. The Labute approximate surface area is 120 Å². The molecular weight excluding hydrogens is 252 g/mol. The van der Waals surface area contributed by atoms with Crippen molar-refractivity contribution in [3.8, 4) is 0 Å². The molecule has 1 fully saturated rings. The fraction of sp³-hybridized carbons (Fsp3) is 0.562. The minimum absolute atomic E-state index is 0.104. The van der Waals surface area contributed by atoms with Crippen LogP contribution in [0.2, 0.25) is 0 Å². The molecule has 110 valence electrons. The normalized spacial score (nSPS) is 18.9. The lowest BCUT2D eigenvalue weighted by Gasteiger charge is -2.34. The molecule has 1 atom stereocenters. The molecule has 1 saturated heterocycles. The van der Waals surface area contributed by atoms with Gasteiger partial charge in [-0.15, -0.1) is 0 Å². The lowest BCUT2D eigenvalue weighted by molar-refractivity contribution is -0.136. The van der Waals surface area contributed by atoms with Gasteiger partial charge in [0.1, 0.15) is 0 Å². The van der Waals surface area contributed by atoms with E-state index >= 15 is 0 Å². The third-order valence-corrected chi connectivity index (χ3v) is 4.23. The van der Waals surface area contributed by atoms with E-state index in [2.05, 4.69) is 11.8 Å². The first-order chi connectivity index (χ1) is 9.56. The van der Waals surface area contributed by atoms with Gasteiger partial charge in [0, 0.05) is 12.6 Å². The van der Waals surface area contributed by atoms with Crippen molar-refractivity contribution in [2.45, 2.75) is 38.8 Å². The van der Waals surface area contributed by atoms with Crippen molar-refractivity contribution >= 4 is 5.97 Å². The average molecular weight is 276 g/mol. The van der Waals surface area contributed by atoms with Crippen molar-refractivity contribution in [3.63, 3.8) is 0 Å². The Morgan fingerprint density at radius 3 is 2.50 bits per heavy atom. The summed E-state index contributed by atoms with van der Waals surface area (Å²) in [5.74, 6) is -0.145. The van der Waals surface area contributed by atoms with Crippen LogP contribution in [-0.4, -0.2) is 35.1 Å². The molecule has 2 rings (SSSR count). The summed E-state index contributed by atoms with van der Waals surface area (Å²) in [5, 5.41) is 8.97. The summed E-state index contributed by atoms with van der Waals surface area (Å²) >= 11 is 0. The fourth-order valence-electron chi connectivity index (χ4n) is 2.92. The van der Waals surface area contributed by atoms with E-state index in [1.165, 1.54) is 0 Å². The SMILES string of the molecule is CC(N)C1CCN(Cc2ccccc2CC(=O)O)CC1. The van der Waals surface area contributed by atoms with E-state index in [1.807, 2.05) is 24.3 Å². The second-order valence-electron chi connectivity index (χ2n) is 5.81. The van der Waals surface area contributed by atoms with Crippen LogP contribution in [0.1, 0.15) is 30.9 Å². The Kier molecular flexibility index (Phi) is 5.15. The molecule has 1 aromatic carbocycles. The summed E-state index contributed by atoms with van der Waals surface area (Å²) in [6, 6.07) is 8.12. The first kappa shape index (κ1) is 15.0. The van der Waals surface area contributed by atoms with Gasteiger partial charge in [0.2, 0.25) is 0 Å². The van der Waals surface area contributed by atoms with E-state index in [0.717, 1.165) is 43.6 Å². The quantitative estimate of drug-likeness (QED) is 0.861. The molecule has 1 heterocycles. The summed E-state index contributed by atoms with van der Waals surface area (Å²) in [7, 11) is 0. The minimum atomic E-state index is -0.770. The molecule has 20 heavy (non-hydrogen) atoms. The van der Waals surface area contributed by atoms with Crippen molar-refractivity contribution in [1.82, 2.24) is 4.90 Å². The molecule has 1 aliphatic heterocycles. The van der Waals surface area contributed by atoms with Gasteiger partial charge in [-0.2, -0.15) is 0 Å². The Morgan fingerprint density at radius 2 is 1.95 bits per heavy atom. The topological polar surface area (TPSA) is 66.6 Å². The molecule has 0 aliphatic carbocycles. The Bertz CT molecular complexity index is 452. The van der Waals surface area contributed by atoms with Crippen molar-refractivity contribution in [2.75, 3.05) is 13.1 Å². The smallest absolute Gasteiger partial charge is 0.307 e. The maximum Gasteiger partial charge on any atom is 0.307 e. The number of nitrogens with two attached hydrogens (primary N) is 1. The van der Waals surface area contributed by atoms with E-state index in [0.29, 0.717) is 5.92 Å². The van der Waals surface area contributed by atoms with Gasteiger partial charge in [0.25, 0.3) is 0 Å². The molecule has 4 heteroatoms. The number of aliphatic carboxylic acids is 1.